The number of carbonyl (C=O) groups is 1. The molecule has 154 valence electrons. The molecule has 0 aliphatic heterocycles. The monoisotopic (exact) mass is 414 g/mol. The minimum atomic E-state index is -3.66. The highest BCUT2D eigenvalue weighted by molar-refractivity contribution is 7.89. The van der Waals surface area contributed by atoms with Gasteiger partial charge in [0.25, 0.3) is 5.91 Å². The summed E-state index contributed by atoms with van der Waals surface area (Å²) in [7, 11) is -3.66. The van der Waals surface area contributed by atoms with Crippen LogP contribution in [0.1, 0.15) is 54.6 Å². The molecule has 0 spiro atoms. The summed E-state index contributed by atoms with van der Waals surface area (Å²) in [6.45, 7) is 0.0869. The first-order valence-electron chi connectivity index (χ1n) is 10.4. The van der Waals surface area contributed by atoms with Gasteiger partial charge in [-0.15, -0.1) is 0 Å². The van der Waals surface area contributed by atoms with E-state index in [-0.39, 0.29) is 22.9 Å². The van der Waals surface area contributed by atoms with E-state index in [1.165, 1.54) is 37.7 Å². The molecule has 2 N–H and O–H groups in total. The largest absolute Gasteiger partial charge is 0.468 e. The lowest BCUT2D eigenvalue weighted by atomic mass is 9.53. The van der Waals surface area contributed by atoms with Gasteiger partial charge in [-0.2, -0.15) is 0 Å². The molecule has 2 aromatic rings. The lowest BCUT2D eigenvalue weighted by molar-refractivity contribution is -0.0167. The second-order valence-electron chi connectivity index (χ2n) is 9.08. The molecule has 1 amide bonds. The van der Waals surface area contributed by atoms with Crippen LogP contribution in [0.25, 0.3) is 0 Å². The Balaban J connectivity index is 1.26. The summed E-state index contributed by atoms with van der Waals surface area (Å²) in [5.74, 6) is 2.72. The highest BCUT2D eigenvalue weighted by atomic mass is 32.2. The molecule has 1 aromatic heterocycles. The molecule has 1 aromatic carbocycles. The van der Waals surface area contributed by atoms with Crippen LogP contribution in [0.15, 0.2) is 52.0 Å². The average Bonchev–Trinajstić information content (AvgIpc) is 3.19. The zero-order chi connectivity index (χ0) is 20.1. The topological polar surface area (TPSA) is 88.4 Å². The highest BCUT2D eigenvalue weighted by Crippen LogP contribution is 2.55. The van der Waals surface area contributed by atoms with Gasteiger partial charge >= 0.3 is 0 Å². The van der Waals surface area contributed by atoms with E-state index in [0.29, 0.717) is 11.3 Å². The standard InChI is InChI=1S/C22H26N2O4S/c25-21(24-22-11-15-8-16(12-22)10-17(9-15)13-22)18-3-5-20(6-4-18)29(26,27)23-14-19-2-1-7-28-19/h1-7,15-17,23H,8-14H2,(H,24,25). The summed E-state index contributed by atoms with van der Waals surface area (Å²) in [6.07, 6.45) is 8.75. The van der Waals surface area contributed by atoms with E-state index in [1.807, 2.05) is 0 Å². The fourth-order valence-electron chi connectivity index (χ4n) is 6.02. The molecule has 4 fully saturated rings. The number of amides is 1. The minimum absolute atomic E-state index is 0.0544. The van der Waals surface area contributed by atoms with Crippen molar-refractivity contribution in [1.29, 1.82) is 0 Å². The average molecular weight is 415 g/mol. The summed E-state index contributed by atoms with van der Waals surface area (Å²) >= 11 is 0. The van der Waals surface area contributed by atoms with Crippen molar-refractivity contribution in [1.82, 2.24) is 10.0 Å². The van der Waals surface area contributed by atoms with Crippen LogP contribution in [0.5, 0.6) is 0 Å². The highest BCUT2D eigenvalue weighted by Gasteiger charge is 2.51. The first-order chi connectivity index (χ1) is 13.9. The number of rotatable bonds is 6. The van der Waals surface area contributed by atoms with Gasteiger partial charge in [-0.3, -0.25) is 4.79 Å². The number of benzene rings is 1. The van der Waals surface area contributed by atoms with Crippen LogP contribution in [-0.2, 0) is 16.6 Å². The summed E-state index contributed by atoms with van der Waals surface area (Å²) in [4.78, 5) is 13.0. The number of nitrogens with one attached hydrogen (secondary N) is 2. The van der Waals surface area contributed by atoms with Crippen LogP contribution in [0.4, 0.5) is 0 Å². The number of hydrogen-bond acceptors (Lipinski definition) is 4. The van der Waals surface area contributed by atoms with Crippen molar-refractivity contribution in [2.24, 2.45) is 17.8 Å². The third-order valence-electron chi connectivity index (χ3n) is 6.86. The Bertz CT molecular complexity index is 961. The maximum atomic E-state index is 12.9. The van der Waals surface area contributed by atoms with Crippen molar-refractivity contribution in [3.8, 4) is 0 Å². The van der Waals surface area contributed by atoms with E-state index >= 15 is 0 Å². The van der Waals surface area contributed by atoms with Gasteiger partial charge < -0.3 is 9.73 Å². The number of hydrogen-bond donors (Lipinski definition) is 2. The summed E-state index contributed by atoms with van der Waals surface area (Å²) in [5.41, 5.74) is 0.451. The lowest BCUT2D eigenvalue weighted by Gasteiger charge is -2.56. The normalized spacial score (nSPS) is 30.4. The van der Waals surface area contributed by atoms with Gasteiger partial charge in [0.15, 0.2) is 0 Å². The van der Waals surface area contributed by atoms with Gasteiger partial charge in [-0.05, 0) is 92.7 Å². The number of carbonyl (C=O) groups excluding carboxylic acids is 1. The van der Waals surface area contributed by atoms with Gasteiger partial charge in [0.1, 0.15) is 5.76 Å². The van der Waals surface area contributed by atoms with Crippen molar-refractivity contribution in [3.63, 3.8) is 0 Å². The minimum Gasteiger partial charge on any atom is -0.468 e. The summed E-state index contributed by atoms with van der Waals surface area (Å²) < 4.78 is 32.6. The van der Waals surface area contributed by atoms with Crippen LogP contribution < -0.4 is 10.0 Å². The molecular formula is C22H26N2O4S. The molecule has 6 rings (SSSR count). The molecule has 4 saturated carbocycles. The van der Waals surface area contributed by atoms with E-state index in [4.69, 9.17) is 4.42 Å². The van der Waals surface area contributed by atoms with Crippen LogP contribution in [0.3, 0.4) is 0 Å². The molecule has 0 saturated heterocycles. The lowest BCUT2D eigenvalue weighted by Crippen LogP contribution is -2.59. The Morgan fingerprint density at radius 3 is 2.17 bits per heavy atom. The smallest absolute Gasteiger partial charge is 0.251 e. The summed E-state index contributed by atoms with van der Waals surface area (Å²) in [6, 6.07) is 9.58. The van der Waals surface area contributed by atoms with Crippen molar-refractivity contribution in [2.45, 2.75) is 55.5 Å². The van der Waals surface area contributed by atoms with E-state index in [9.17, 15) is 13.2 Å². The third kappa shape index (κ3) is 3.73. The van der Waals surface area contributed by atoms with E-state index in [0.717, 1.165) is 37.0 Å². The second kappa shape index (κ2) is 6.99. The maximum absolute atomic E-state index is 12.9. The van der Waals surface area contributed by atoms with E-state index in [2.05, 4.69) is 10.0 Å². The molecule has 0 radical (unpaired) electrons. The van der Waals surface area contributed by atoms with E-state index < -0.39 is 10.0 Å². The Morgan fingerprint density at radius 2 is 1.62 bits per heavy atom. The SMILES string of the molecule is O=C(NC12CC3CC(CC(C3)C1)C2)c1ccc(S(=O)(=O)NCc2ccco2)cc1. The quantitative estimate of drug-likeness (QED) is 0.758. The fourth-order valence-corrected chi connectivity index (χ4v) is 7.02. The summed E-state index contributed by atoms with van der Waals surface area (Å²) in [5, 5.41) is 3.33. The number of sulfonamides is 1. The van der Waals surface area contributed by atoms with Crippen molar-refractivity contribution >= 4 is 15.9 Å². The Labute approximate surface area is 171 Å². The molecule has 4 bridgehead atoms. The van der Waals surface area contributed by atoms with Crippen molar-refractivity contribution in [2.75, 3.05) is 0 Å². The predicted molar refractivity (Wildman–Crippen MR) is 108 cm³/mol. The molecule has 0 unspecified atom stereocenters. The molecule has 4 aliphatic rings. The first-order valence-corrected chi connectivity index (χ1v) is 11.8. The van der Waals surface area contributed by atoms with Crippen LogP contribution >= 0.6 is 0 Å². The van der Waals surface area contributed by atoms with Gasteiger partial charge in [-0.1, -0.05) is 0 Å². The van der Waals surface area contributed by atoms with E-state index in [1.54, 1.807) is 24.3 Å². The third-order valence-corrected chi connectivity index (χ3v) is 8.28. The van der Waals surface area contributed by atoms with Gasteiger partial charge in [0.2, 0.25) is 10.0 Å². The van der Waals surface area contributed by atoms with Crippen molar-refractivity contribution in [3.05, 3.63) is 54.0 Å². The Hall–Kier alpha value is -2.12. The Morgan fingerprint density at radius 1 is 1.00 bits per heavy atom. The van der Waals surface area contributed by atoms with Crippen LogP contribution in [-0.4, -0.2) is 19.9 Å². The second-order valence-corrected chi connectivity index (χ2v) is 10.8. The molecule has 6 nitrogen and oxygen atoms in total. The van der Waals surface area contributed by atoms with Gasteiger partial charge in [0.05, 0.1) is 17.7 Å². The Kier molecular flexibility index (Phi) is 4.55. The molecular weight excluding hydrogens is 388 g/mol. The fraction of sp³-hybridized carbons (Fsp3) is 0.500. The molecule has 29 heavy (non-hydrogen) atoms. The number of furan rings is 1. The van der Waals surface area contributed by atoms with Gasteiger partial charge in [-0.25, -0.2) is 13.1 Å². The van der Waals surface area contributed by atoms with Crippen LogP contribution in [0.2, 0.25) is 0 Å². The molecule has 4 aliphatic carbocycles. The molecule has 0 atom stereocenters. The van der Waals surface area contributed by atoms with Crippen molar-refractivity contribution < 1.29 is 17.6 Å². The van der Waals surface area contributed by atoms with Gasteiger partial charge in [0, 0.05) is 11.1 Å². The predicted octanol–water partition coefficient (Wildman–Crippen LogP) is 3.46. The molecule has 1 heterocycles. The first kappa shape index (κ1) is 18.9. The zero-order valence-corrected chi connectivity index (χ0v) is 17.1. The maximum Gasteiger partial charge on any atom is 0.251 e. The zero-order valence-electron chi connectivity index (χ0n) is 16.3. The molecule has 7 heteroatoms. The van der Waals surface area contributed by atoms with Crippen LogP contribution in [0, 0.1) is 17.8 Å².